The molecule has 0 spiro atoms. The molecular formula is C20H26FN3O. The molecule has 2 aromatic rings. The minimum atomic E-state index is -0.214. The summed E-state index contributed by atoms with van der Waals surface area (Å²) in [6.07, 6.45) is 5.55. The van der Waals surface area contributed by atoms with E-state index in [2.05, 4.69) is 9.55 Å². The van der Waals surface area contributed by atoms with Crippen molar-refractivity contribution in [2.45, 2.75) is 46.1 Å². The third-order valence-corrected chi connectivity index (χ3v) is 5.04. The first-order valence-corrected chi connectivity index (χ1v) is 9.10. The molecule has 1 aliphatic heterocycles. The van der Waals surface area contributed by atoms with Gasteiger partial charge in [0.05, 0.1) is 0 Å². The maximum Gasteiger partial charge on any atom is 0.222 e. The highest BCUT2D eigenvalue weighted by molar-refractivity contribution is 5.75. The minimum Gasteiger partial charge on any atom is -0.342 e. The maximum absolute atomic E-state index is 13.1. The van der Waals surface area contributed by atoms with Gasteiger partial charge in [0.2, 0.25) is 5.91 Å². The predicted molar refractivity (Wildman–Crippen MR) is 95.8 cm³/mol. The molecule has 3 rings (SSSR count). The fraction of sp³-hybridized carbons (Fsp3) is 0.500. The summed E-state index contributed by atoms with van der Waals surface area (Å²) < 4.78 is 15.3. The number of amides is 1. The van der Waals surface area contributed by atoms with E-state index in [-0.39, 0.29) is 11.7 Å². The third kappa shape index (κ3) is 4.27. The van der Waals surface area contributed by atoms with Crippen molar-refractivity contribution >= 4 is 5.91 Å². The normalized spacial score (nSPS) is 17.7. The molecule has 4 nitrogen and oxygen atoms in total. The summed E-state index contributed by atoms with van der Waals surface area (Å²) in [6.45, 7) is 6.38. The van der Waals surface area contributed by atoms with Gasteiger partial charge in [-0.3, -0.25) is 4.79 Å². The number of aromatic nitrogens is 2. The molecular weight excluding hydrogens is 317 g/mol. The number of nitrogens with zero attached hydrogens (tertiary/aromatic N) is 3. The van der Waals surface area contributed by atoms with Crippen molar-refractivity contribution in [2.75, 3.05) is 13.1 Å². The van der Waals surface area contributed by atoms with Crippen LogP contribution in [0.15, 0.2) is 30.5 Å². The quantitative estimate of drug-likeness (QED) is 0.832. The lowest BCUT2D eigenvalue weighted by Crippen LogP contribution is -2.40. The van der Waals surface area contributed by atoms with Crippen LogP contribution < -0.4 is 0 Å². The Bertz CT molecular complexity index is 723. The molecule has 0 N–H and O–H groups in total. The molecule has 0 saturated carbocycles. The standard InChI is InChI=1S/C20H26FN3O/c1-3-20(25)23-10-4-5-17(13-23)11-19-22-12-15(2)24(19)14-16-6-8-18(21)9-7-16/h6-9,12,17H,3-5,10-11,13-14H2,1-2H3. The lowest BCUT2D eigenvalue weighted by Gasteiger charge is -2.32. The van der Waals surface area contributed by atoms with Crippen LogP contribution in [-0.4, -0.2) is 33.4 Å². The molecule has 0 bridgehead atoms. The lowest BCUT2D eigenvalue weighted by atomic mass is 9.94. The molecule has 5 heteroatoms. The van der Waals surface area contributed by atoms with E-state index in [1.807, 2.05) is 37.1 Å². The van der Waals surface area contributed by atoms with Crippen LogP contribution in [-0.2, 0) is 17.8 Å². The van der Waals surface area contributed by atoms with Crippen molar-refractivity contribution in [3.63, 3.8) is 0 Å². The number of carbonyl (C=O) groups is 1. The summed E-state index contributed by atoms with van der Waals surface area (Å²) in [5, 5.41) is 0. The lowest BCUT2D eigenvalue weighted by molar-refractivity contribution is -0.132. The Morgan fingerprint density at radius 2 is 2.08 bits per heavy atom. The monoisotopic (exact) mass is 343 g/mol. The highest BCUT2D eigenvalue weighted by atomic mass is 19.1. The zero-order valence-corrected chi connectivity index (χ0v) is 15.0. The number of imidazole rings is 1. The van der Waals surface area contributed by atoms with Crippen molar-refractivity contribution in [1.29, 1.82) is 0 Å². The first kappa shape index (κ1) is 17.6. The number of benzene rings is 1. The smallest absolute Gasteiger partial charge is 0.222 e. The number of hydrogen-bond acceptors (Lipinski definition) is 2. The molecule has 1 fully saturated rings. The van der Waals surface area contributed by atoms with Crippen molar-refractivity contribution in [1.82, 2.24) is 14.5 Å². The van der Waals surface area contributed by atoms with Crippen LogP contribution in [0.3, 0.4) is 0 Å². The first-order chi connectivity index (χ1) is 12.1. The zero-order valence-electron chi connectivity index (χ0n) is 15.0. The average Bonchev–Trinajstić information content (AvgIpc) is 2.96. The maximum atomic E-state index is 13.1. The highest BCUT2D eigenvalue weighted by Gasteiger charge is 2.24. The van der Waals surface area contributed by atoms with Gasteiger partial charge < -0.3 is 9.47 Å². The van der Waals surface area contributed by atoms with Crippen LogP contribution in [0.25, 0.3) is 0 Å². The summed E-state index contributed by atoms with van der Waals surface area (Å²) in [6, 6.07) is 6.63. The molecule has 25 heavy (non-hydrogen) atoms. The van der Waals surface area contributed by atoms with Crippen molar-refractivity contribution < 1.29 is 9.18 Å². The van der Waals surface area contributed by atoms with E-state index in [4.69, 9.17) is 0 Å². The Balaban J connectivity index is 1.71. The van der Waals surface area contributed by atoms with Gasteiger partial charge in [-0.1, -0.05) is 19.1 Å². The Morgan fingerprint density at radius 3 is 2.80 bits per heavy atom. The van der Waals surface area contributed by atoms with E-state index in [1.165, 1.54) is 12.1 Å². The molecule has 1 amide bonds. The summed E-state index contributed by atoms with van der Waals surface area (Å²) in [5.41, 5.74) is 2.17. The summed E-state index contributed by atoms with van der Waals surface area (Å²) in [5.74, 6) is 1.54. The number of piperidine rings is 1. The average molecular weight is 343 g/mol. The van der Waals surface area contributed by atoms with E-state index in [0.717, 1.165) is 49.4 Å². The second kappa shape index (κ2) is 7.81. The molecule has 2 heterocycles. The van der Waals surface area contributed by atoms with Crippen molar-refractivity contribution in [2.24, 2.45) is 5.92 Å². The summed E-state index contributed by atoms with van der Waals surface area (Å²) in [7, 11) is 0. The molecule has 1 unspecified atom stereocenters. The van der Waals surface area contributed by atoms with Crippen LogP contribution in [0.5, 0.6) is 0 Å². The third-order valence-electron chi connectivity index (χ3n) is 5.04. The minimum absolute atomic E-state index is 0.214. The van der Waals surface area contributed by atoms with Gasteiger partial charge in [-0.25, -0.2) is 9.37 Å². The molecule has 1 aliphatic rings. The van der Waals surface area contributed by atoms with Gasteiger partial charge in [-0.05, 0) is 43.4 Å². The molecule has 0 radical (unpaired) electrons. The molecule has 1 aromatic carbocycles. The van der Waals surface area contributed by atoms with Crippen LogP contribution in [0.2, 0.25) is 0 Å². The topological polar surface area (TPSA) is 38.1 Å². The second-order valence-corrected chi connectivity index (χ2v) is 6.93. The summed E-state index contributed by atoms with van der Waals surface area (Å²) in [4.78, 5) is 18.6. The second-order valence-electron chi connectivity index (χ2n) is 6.93. The molecule has 134 valence electrons. The van der Waals surface area contributed by atoms with Crippen LogP contribution in [0.4, 0.5) is 4.39 Å². The predicted octanol–water partition coefficient (Wildman–Crippen LogP) is 3.57. The van der Waals surface area contributed by atoms with Gasteiger partial charge in [0.15, 0.2) is 0 Å². The number of carbonyl (C=O) groups excluding carboxylic acids is 1. The van der Waals surface area contributed by atoms with E-state index in [1.54, 1.807) is 0 Å². The highest BCUT2D eigenvalue weighted by Crippen LogP contribution is 2.22. The van der Waals surface area contributed by atoms with Gasteiger partial charge >= 0.3 is 0 Å². The molecule has 1 atom stereocenters. The molecule has 1 aromatic heterocycles. The van der Waals surface area contributed by atoms with E-state index in [0.29, 0.717) is 18.9 Å². The van der Waals surface area contributed by atoms with Gasteiger partial charge in [0.25, 0.3) is 0 Å². The number of aryl methyl sites for hydroxylation is 1. The van der Waals surface area contributed by atoms with Gasteiger partial charge in [-0.2, -0.15) is 0 Å². The Morgan fingerprint density at radius 1 is 1.32 bits per heavy atom. The van der Waals surface area contributed by atoms with E-state index in [9.17, 15) is 9.18 Å². The van der Waals surface area contributed by atoms with E-state index < -0.39 is 0 Å². The first-order valence-electron chi connectivity index (χ1n) is 9.10. The van der Waals surface area contributed by atoms with Crippen LogP contribution >= 0.6 is 0 Å². The number of hydrogen-bond donors (Lipinski definition) is 0. The molecule has 1 saturated heterocycles. The SMILES string of the molecule is CCC(=O)N1CCCC(Cc2ncc(C)n2Cc2ccc(F)cc2)C1. The Kier molecular flexibility index (Phi) is 5.51. The van der Waals surface area contributed by atoms with E-state index >= 15 is 0 Å². The Hall–Kier alpha value is -2.17. The number of rotatable bonds is 5. The van der Waals surface area contributed by atoms with Gasteiger partial charge in [-0.15, -0.1) is 0 Å². The number of likely N-dealkylation sites (tertiary alicyclic amines) is 1. The Labute approximate surface area is 148 Å². The summed E-state index contributed by atoms with van der Waals surface area (Å²) >= 11 is 0. The fourth-order valence-corrected chi connectivity index (χ4v) is 3.60. The fourth-order valence-electron chi connectivity index (χ4n) is 3.60. The van der Waals surface area contributed by atoms with Crippen molar-refractivity contribution in [3.8, 4) is 0 Å². The van der Waals surface area contributed by atoms with Crippen LogP contribution in [0.1, 0.15) is 43.3 Å². The van der Waals surface area contributed by atoms with Crippen LogP contribution in [0, 0.1) is 18.7 Å². The van der Waals surface area contributed by atoms with Gasteiger partial charge in [0, 0.05) is 44.4 Å². The largest absolute Gasteiger partial charge is 0.342 e. The zero-order chi connectivity index (χ0) is 17.8. The van der Waals surface area contributed by atoms with Crippen molar-refractivity contribution in [3.05, 3.63) is 53.4 Å². The van der Waals surface area contributed by atoms with Gasteiger partial charge in [0.1, 0.15) is 11.6 Å². The number of halogens is 1. The molecule has 0 aliphatic carbocycles.